The number of amides is 1. The minimum Gasteiger partial charge on any atom is -0.360 e. The van der Waals surface area contributed by atoms with Crippen molar-refractivity contribution >= 4 is 45.0 Å². The highest BCUT2D eigenvalue weighted by Gasteiger charge is 2.10. The van der Waals surface area contributed by atoms with Gasteiger partial charge in [0.15, 0.2) is 5.82 Å². The van der Waals surface area contributed by atoms with E-state index in [1.165, 1.54) is 4.88 Å². The summed E-state index contributed by atoms with van der Waals surface area (Å²) in [5.41, 5.74) is 0. The molecule has 0 bridgehead atoms. The molecule has 0 unspecified atom stereocenters. The zero-order valence-electron chi connectivity index (χ0n) is 12.1. The highest BCUT2D eigenvalue weighted by molar-refractivity contribution is 7.99. The first kappa shape index (κ1) is 15.0. The number of hydrogen-bond donors (Lipinski definition) is 1. The minimum absolute atomic E-state index is 0.0902. The Kier molecular flexibility index (Phi) is 4.39. The number of rotatable bonds is 5. The van der Waals surface area contributed by atoms with Crippen LogP contribution in [-0.2, 0) is 4.79 Å². The lowest BCUT2D eigenvalue weighted by atomic mass is 10.4. The van der Waals surface area contributed by atoms with E-state index in [-0.39, 0.29) is 5.91 Å². The number of aromatic nitrogens is 3. The molecule has 1 amide bonds. The number of aryl methyl sites for hydroxylation is 2. The Bertz CT molecular complexity index is 812. The van der Waals surface area contributed by atoms with Crippen molar-refractivity contribution in [1.82, 2.24) is 15.1 Å². The molecule has 0 aliphatic rings. The Morgan fingerprint density at radius 3 is 3.00 bits per heavy atom. The normalized spacial score (nSPS) is 11.0. The maximum atomic E-state index is 11.8. The molecule has 114 valence electrons. The Balaban J connectivity index is 1.57. The summed E-state index contributed by atoms with van der Waals surface area (Å²) in [5, 5.41) is 8.41. The Morgan fingerprint density at radius 1 is 1.36 bits per heavy atom. The van der Waals surface area contributed by atoms with E-state index in [1.807, 2.05) is 6.92 Å². The molecule has 1 N–H and O–H groups in total. The van der Waals surface area contributed by atoms with Crippen molar-refractivity contribution in [3.8, 4) is 0 Å². The quantitative estimate of drug-likeness (QED) is 0.569. The molecule has 0 atom stereocenters. The summed E-state index contributed by atoms with van der Waals surface area (Å²) in [4.78, 5) is 22.6. The fourth-order valence-corrected chi connectivity index (χ4v) is 3.77. The summed E-state index contributed by atoms with van der Waals surface area (Å²) in [7, 11) is 0. The summed E-state index contributed by atoms with van der Waals surface area (Å²) >= 11 is 3.21. The Hall–Kier alpha value is -1.93. The lowest BCUT2D eigenvalue weighted by Crippen LogP contribution is -2.12. The smallest absolute Gasteiger partial charge is 0.226 e. The van der Waals surface area contributed by atoms with E-state index in [2.05, 4.69) is 26.5 Å². The molecule has 0 aliphatic carbocycles. The van der Waals surface area contributed by atoms with Crippen LogP contribution in [0, 0.1) is 13.8 Å². The molecule has 0 aromatic carbocycles. The number of thioether (sulfide) groups is 1. The second-order valence-corrected chi connectivity index (χ2v) is 7.04. The summed E-state index contributed by atoms with van der Waals surface area (Å²) in [6, 6.07) is 3.77. The summed E-state index contributed by atoms with van der Waals surface area (Å²) in [6.45, 7) is 3.83. The van der Waals surface area contributed by atoms with Crippen LogP contribution < -0.4 is 5.32 Å². The Labute approximate surface area is 135 Å². The van der Waals surface area contributed by atoms with Crippen molar-refractivity contribution in [1.29, 1.82) is 0 Å². The first-order valence-electron chi connectivity index (χ1n) is 6.69. The van der Waals surface area contributed by atoms with E-state index in [9.17, 15) is 4.79 Å². The molecule has 0 saturated heterocycles. The van der Waals surface area contributed by atoms with Gasteiger partial charge >= 0.3 is 0 Å². The second kappa shape index (κ2) is 6.45. The van der Waals surface area contributed by atoms with Crippen LogP contribution in [-0.4, -0.2) is 26.8 Å². The summed E-state index contributed by atoms with van der Waals surface area (Å²) in [5.74, 6) is 1.67. The van der Waals surface area contributed by atoms with Gasteiger partial charge in [0.25, 0.3) is 0 Å². The predicted octanol–water partition coefficient (Wildman–Crippen LogP) is 3.42. The van der Waals surface area contributed by atoms with Gasteiger partial charge in [0.05, 0.1) is 0 Å². The number of fused-ring (bicyclic) bond motifs is 1. The van der Waals surface area contributed by atoms with E-state index in [0.29, 0.717) is 23.8 Å². The zero-order chi connectivity index (χ0) is 15.5. The van der Waals surface area contributed by atoms with Crippen molar-refractivity contribution in [2.45, 2.75) is 25.3 Å². The van der Waals surface area contributed by atoms with Crippen LogP contribution in [0.2, 0.25) is 0 Å². The van der Waals surface area contributed by atoms with Crippen LogP contribution in [0.5, 0.6) is 0 Å². The number of carbonyl (C=O) groups excluding carboxylic acids is 1. The highest BCUT2D eigenvalue weighted by Crippen LogP contribution is 2.30. The number of nitrogens with one attached hydrogen (secondary N) is 1. The number of carbonyl (C=O) groups is 1. The number of nitrogens with zero attached hydrogens (tertiary/aromatic N) is 3. The van der Waals surface area contributed by atoms with Crippen LogP contribution in [0.4, 0.5) is 5.82 Å². The molecule has 6 nitrogen and oxygen atoms in total. The molecule has 0 spiro atoms. The number of hydrogen-bond acceptors (Lipinski definition) is 7. The third-order valence-corrected chi connectivity index (χ3v) is 4.84. The van der Waals surface area contributed by atoms with Crippen LogP contribution in [0.3, 0.4) is 0 Å². The lowest BCUT2D eigenvalue weighted by Gasteiger charge is -2.02. The topological polar surface area (TPSA) is 80.9 Å². The zero-order valence-corrected chi connectivity index (χ0v) is 13.8. The highest BCUT2D eigenvalue weighted by atomic mass is 32.2. The molecule has 0 aliphatic heterocycles. The van der Waals surface area contributed by atoms with Gasteiger partial charge in [-0.05, 0) is 19.9 Å². The maximum absolute atomic E-state index is 11.8. The van der Waals surface area contributed by atoms with Gasteiger partial charge in [0.2, 0.25) is 5.91 Å². The minimum atomic E-state index is -0.0902. The third-order valence-electron chi connectivity index (χ3n) is 2.88. The van der Waals surface area contributed by atoms with Crippen LogP contribution in [0.25, 0.3) is 10.2 Å². The third kappa shape index (κ3) is 3.45. The summed E-state index contributed by atoms with van der Waals surface area (Å²) in [6.07, 6.45) is 1.95. The number of thiophene rings is 1. The molecule has 3 heterocycles. The molecule has 3 aromatic heterocycles. The molecule has 22 heavy (non-hydrogen) atoms. The van der Waals surface area contributed by atoms with Crippen molar-refractivity contribution in [2.24, 2.45) is 0 Å². The lowest BCUT2D eigenvalue weighted by molar-refractivity contribution is -0.115. The van der Waals surface area contributed by atoms with Crippen LogP contribution in [0.15, 0.2) is 28.0 Å². The average molecular weight is 334 g/mol. The fraction of sp³-hybridized carbons (Fsp3) is 0.286. The van der Waals surface area contributed by atoms with Gasteiger partial charge in [-0.1, -0.05) is 5.16 Å². The molecule has 0 fully saturated rings. The molecule has 3 rings (SSSR count). The first-order chi connectivity index (χ1) is 10.6. The van der Waals surface area contributed by atoms with Crippen molar-refractivity contribution in [3.63, 3.8) is 0 Å². The SMILES string of the molecule is Cc1cc(NC(=O)CCSc2ncnc3sc(C)cc23)no1. The first-order valence-corrected chi connectivity index (χ1v) is 8.49. The second-order valence-electron chi connectivity index (χ2n) is 4.72. The van der Waals surface area contributed by atoms with E-state index >= 15 is 0 Å². The monoisotopic (exact) mass is 334 g/mol. The van der Waals surface area contributed by atoms with E-state index < -0.39 is 0 Å². The Morgan fingerprint density at radius 2 is 2.23 bits per heavy atom. The van der Waals surface area contributed by atoms with Gasteiger partial charge in [-0.3, -0.25) is 4.79 Å². The van der Waals surface area contributed by atoms with Crippen molar-refractivity contribution in [3.05, 3.63) is 29.1 Å². The molecule has 8 heteroatoms. The van der Waals surface area contributed by atoms with E-state index in [0.717, 1.165) is 15.2 Å². The maximum Gasteiger partial charge on any atom is 0.226 e. The van der Waals surface area contributed by atoms with E-state index in [1.54, 1.807) is 42.4 Å². The van der Waals surface area contributed by atoms with Gasteiger partial charge in [0.1, 0.15) is 21.9 Å². The predicted molar refractivity (Wildman–Crippen MR) is 87.4 cm³/mol. The molecule has 3 aromatic rings. The number of anilines is 1. The summed E-state index contributed by atoms with van der Waals surface area (Å²) < 4.78 is 4.90. The van der Waals surface area contributed by atoms with Crippen LogP contribution >= 0.6 is 23.1 Å². The van der Waals surface area contributed by atoms with Gasteiger partial charge in [-0.15, -0.1) is 23.1 Å². The van der Waals surface area contributed by atoms with Gasteiger partial charge in [0, 0.05) is 28.5 Å². The van der Waals surface area contributed by atoms with Gasteiger partial charge in [-0.25, -0.2) is 9.97 Å². The van der Waals surface area contributed by atoms with Crippen LogP contribution in [0.1, 0.15) is 17.1 Å². The molecule has 0 saturated carbocycles. The van der Waals surface area contributed by atoms with Crippen molar-refractivity contribution in [2.75, 3.05) is 11.1 Å². The molecule has 0 radical (unpaired) electrons. The molecular weight excluding hydrogens is 320 g/mol. The standard InChI is InChI=1S/C14H14N4O2S2/c1-8-5-11(18-20-8)17-12(19)3-4-21-13-10-6-9(2)22-14(10)16-7-15-13/h5-7H,3-4H2,1-2H3,(H,17,18,19). The van der Waals surface area contributed by atoms with Gasteiger partial charge < -0.3 is 9.84 Å². The fourth-order valence-electron chi connectivity index (χ4n) is 1.94. The average Bonchev–Trinajstić information content (AvgIpc) is 3.04. The largest absolute Gasteiger partial charge is 0.360 e. The van der Waals surface area contributed by atoms with Crippen molar-refractivity contribution < 1.29 is 9.32 Å². The van der Waals surface area contributed by atoms with Gasteiger partial charge in [-0.2, -0.15) is 0 Å². The molecular formula is C14H14N4O2S2. The van der Waals surface area contributed by atoms with E-state index in [4.69, 9.17) is 4.52 Å².